The van der Waals surface area contributed by atoms with Gasteiger partial charge in [-0.1, -0.05) is 19.1 Å². The van der Waals surface area contributed by atoms with Crippen molar-refractivity contribution in [3.05, 3.63) is 35.1 Å². The quantitative estimate of drug-likeness (QED) is 0.828. The van der Waals surface area contributed by atoms with Crippen LogP contribution in [-0.2, 0) is 13.1 Å². The van der Waals surface area contributed by atoms with E-state index in [-0.39, 0.29) is 5.82 Å². The Hall–Kier alpha value is -0.930. The molecule has 0 aliphatic heterocycles. The van der Waals surface area contributed by atoms with E-state index >= 15 is 0 Å². The van der Waals surface area contributed by atoms with Crippen molar-refractivity contribution in [1.82, 2.24) is 4.90 Å². The Morgan fingerprint density at radius 1 is 1.44 bits per heavy atom. The Morgan fingerprint density at radius 3 is 2.75 bits per heavy atom. The minimum Gasteiger partial charge on any atom is -0.326 e. The average Bonchev–Trinajstić information content (AvgIpc) is 3.12. The van der Waals surface area contributed by atoms with E-state index in [0.29, 0.717) is 19.1 Å². The van der Waals surface area contributed by atoms with Crippen LogP contribution in [-0.4, -0.2) is 17.5 Å². The molecule has 0 aromatic heterocycles. The summed E-state index contributed by atoms with van der Waals surface area (Å²) in [4.78, 5) is 2.33. The molecule has 0 unspecified atom stereocenters. The minimum atomic E-state index is -0.115. The first-order chi connectivity index (χ1) is 7.74. The van der Waals surface area contributed by atoms with E-state index in [1.165, 1.54) is 18.9 Å². The minimum absolute atomic E-state index is 0.115. The summed E-state index contributed by atoms with van der Waals surface area (Å²) in [5.74, 6) is -0.115. The van der Waals surface area contributed by atoms with Crippen LogP contribution in [0.5, 0.6) is 0 Å². The summed E-state index contributed by atoms with van der Waals surface area (Å²) in [6, 6.07) is 5.84. The lowest BCUT2D eigenvalue weighted by molar-refractivity contribution is 0.265. The van der Waals surface area contributed by atoms with Crippen LogP contribution in [0.3, 0.4) is 0 Å². The molecule has 2 N–H and O–H groups in total. The third-order valence-corrected chi connectivity index (χ3v) is 3.19. The van der Waals surface area contributed by atoms with Crippen LogP contribution in [0, 0.1) is 5.82 Å². The molecule has 3 heteroatoms. The number of hydrogen-bond acceptors (Lipinski definition) is 2. The van der Waals surface area contributed by atoms with Gasteiger partial charge in [0.25, 0.3) is 0 Å². The first-order valence-corrected chi connectivity index (χ1v) is 5.96. The highest BCUT2D eigenvalue weighted by Crippen LogP contribution is 2.28. The molecule has 1 fully saturated rings. The molecule has 1 saturated carbocycles. The highest BCUT2D eigenvalue weighted by molar-refractivity contribution is 5.25. The van der Waals surface area contributed by atoms with Crippen molar-refractivity contribution >= 4 is 0 Å². The van der Waals surface area contributed by atoms with Crippen molar-refractivity contribution in [2.24, 2.45) is 5.73 Å². The fourth-order valence-electron chi connectivity index (χ4n) is 2.03. The number of hydrogen-bond donors (Lipinski definition) is 1. The molecule has 2 nitrogen and oxygen atoms in total. The van der Waals surface area contributed by atoms with Gasteiger partial charge in [0, 0.05) is 24.7 Å². The maximum absolute atomic E-state index is 13.6. The van der Waals surface area contributed by atoms with E-state index in [4.69, 9.17) is 5.73 Å². The zero-order chi connectivity index (χ0) is 11.5. The number of nitrogens with zero attached hydrogens (tertiary/aromatic N) is 1. The second-order valence-electron chi connectivity index (χ2n) is 4.42. The van der Waals surface area contributed by atoms with Crippen LogP contribution in [0.1, 0.15) is 30.9 Å². The fourth-order valence-corrected chi connectivity index (χ4v) is 2.03. The highest BCUT2D eigenvalue weighted by atomic mass is 19.1. The Morgan fingerprint density at radius 2 is 2.19 bits per heavy atom. The molecule has 88 valence electrons. The fraction of sp³-hybridized carbons (Fsp3) is 0.538. The lowest BCUT2D eigenvalue weighted by Crippen LogP contribution is -2.25. The lowest BCUT2D eigenvalue weighted by Gasteiger charge is -2.20. The Kier molecular flexibility index (Phi) is 3.56. The molecule has 2 rings (SSSR count). The largest absolute Gasteiger partial charge is 0.326 e. The van der Waals surface area contributed by atoms with E-state index in [1.807, 2.05) is 6.07 Å². The number of nitrogens with two attached hydrogens (primary N) is 1. The number of halogens is 1. The van der Waals surface area contributed by atoms with Crippen LogP contribution in [0.2, 0.25) is 0 Å². The lowest BCUT2D eigenvalue weighted by atomic mass is 10.1. The van der Waals surface area contributed by atoms with Gasteiger partial charge in [-0.05, 0) is 31.0 Å². The second-order valence-corrected chi connectivity index (χ2v) is 4.42. The zero-order valence-electron chi connectivity index (χ0n) is 9.75. The predicted octanol–water partition coefficient (Wildman–Crippen LogP) is 2.27. The van der Waals surface area contributed by atoms with Crippen molar-refractivity contribution in [2.75, 3.05) is 6.54 Å². The molecule has 0 saturated heterocycles. The van der Waals surface area contributed by atoms with Gasteiger partial charge in [0.1, 0.15) is 5.82 Å². The molecule has 0 radical (unpaired) electrons. The van der Waals surface area contributed by atoms with Crippen molar-refractivity contribution in [3.63, 3.8) is 0 Å². The summed E-state index contributed by atoms with van der Waals surface area (Å²) in [5, 5.41) is 0. The summed E-state index contributed by atoms with van der Waals surface area (Å²) in [6.07, 6.45) is 2.51. The number of rotatable bonds is 5. The molecular formula is C13H19FN2. The molecule has 1 aliphatic rings. The molecule has 0 amide bonds. The Bertz CT molecular complexity index is 361. The molecule has 16 heavy (non-hydrogen) atoms. The zero-order valence-corrected chi connectivity index (χ0v) is 9.75. The standard InChI is InChI=1S/C13H19FN2/c1-2-16(12-4-5-12)9-11-7-10(8-15)3-6-13(11)14/h3,6-7,12H,2,4-5,8-9,15H2,1H3. The van der Waals surface area contributed by atoms with E-state index in [2.05, 4.69) is 11.8 Å². The Labute approximate surface area is 96.2 Å². The average molecular weight is 222 g/mol. The van der Waals surface area contributed by atoms with Gasteiger partial charge in [-0.15, -0.1) is 0 Å². The van der Waals surface area contributed by atoms with E-state index in [9.17, 15) is 4.39 Å². The van der Waals surface area contributed by atoms with Gasteiger partial charge in [-0.2, -0.15) is 0 Å². The van der Waals surface area contributed by atoms with Gasteiger partial charge in [0.05, 0.1) is 0 Å². The van der Waals surface area contributed by atoms with Gasteiger partial charge in [0.15, 0.2) is 0 Å². The van der Waals surface area contributed by atoms with E-state index in [0.717, 1.165) is 17.7 Å². The van der Waals surface area contributed by atoms with E-state index in [1.54, 1.807) is 6.07 Å². The molecule has 1 aliphatic carbocycles. The first kappa shape index (κ1) is 11.6. The van der Waals surface area contributed by atoms with Gasteiger partial charge >= 0.3 is 0 Å². The van der Waals surface area contributed by atoms with E-state index < -0.39 is 0 Å². The maximum atomic E-state index is 13.6. The molecule has 1 aromatic rings. The van der Waals surface area contributed by atoms with Crippen LogP contribution < -0.4 is 5.73 Å². The van der Waals surface area contributed by atoms with Crippen molar-refractivity contribution in [1.29, 1.82) is 0 Å². The smallest absolute Gasteiger partial charge is 0.127 e. The summed E-state index contributed by atoms with van der Waals surface area (Å²) in [6.45, 7) is 4.30. The van der Waals surface area contributed by atoms with Gasteiger partial charge in [-0.25, -0.2) is 4.39 Å². The summed E-state index contributed by atoms with van der Waals surface area (Å²) in [5.41, 5.74) is 7.35. The molecule has 0 heterocycles. The van der Waals surface area contributed by atoms with Gasteiger partial charge < -0.3 is 5.73 Å². The monoisotopic (exact) mass is 222 g/mol. The van der Waals surface area contributed by atoms with Crippen LogP contribution in [0.25, 0.3) is 0 Å². The highest BCUT2D eigenvalue weighted by Gasteiger charge is 2.28. The van der Waals surface area contributed by atoms with Crippen molar-refractivity contribution < 1.29 is 4.39 Å². The van der Waals surface area contributed by atoms with Crippen LogP contribution >= 0.6 is 0 Å². The third kappa shape index (κ3) is 2.60. The normalized spacial score (nSPS) is 15.8. The number of benzene rings is 1. The molecule has 0 spiro atoms. The van der Waals surface area contributed by atoms with Crippen LogP contribution in [0.15, 0.2) is 18.2 Å². The van der Waals surface area contributed by atoms with Crippen molar-refractivity contribution in [3.8, 4) is 0 Å². The summed E-state index contributed by atoms with van der Waals surface area (Å²) >= 11 is 0. The predicted molar refractivity (Wildman–Crippen MR) is 63.4 cm³/mol. The third-order valence-electron chi connectivity index (χ3n) is 3.19. The van der Waals surface area contributed by atoms with Crippen molar-refractivity contribution in [2.45, 2.75) is 38.9 Å². The molecule has 1 aromatic carbocycles. The first-order valence-electron chi connectivity index (χ1n) is 5.96. The molecule has 0 bridgehead atoms. The topological polar surface area (TPSA) is 29.3 Å². The second kappa shape index (κ2) is 4.93. The summed E-state index contributed by atoms with van der Waals surface area (Å²) < 4.78 is 13.6. The molecular weight excluding hydrogens is 203 g/mol. The Balaban J connectivity index is 2.11. The van der Waals surface area contributed by atoms with Gasteiger partial charge in [-0.3, -0.25) is 4.90 Å². The SMILES string of the molecule is CCN(Cc1cc(CN)ccc1F)C1CC1. The summed E-state index contributed by atoms with van der Waals surface area (Å²) in [7, 11) is 0. The molecule has 0 atom stereocenters. The maximum Gasteiger partial charge on any atom is 0.127 e. The van der Waals surface area contributed by atoms with Crippen LogP contribution in [0.4, 0.5) is 4.39 Å². The van der Waals surface area contributed by atoms with Gasteiger partial charge in [0.2, 0.25) is 0 Å².